The quantitative estimate of drug-likeness (QED) is 0.634. The Labute approximate surface area is 88.9 Å². The van der Waals surface area contributed by atoms with Crippen LogP contribution in [0.4, 0.5) is 22.0 Å². The van der Waals surface area contributed by atoms with E-state index in [2.05, 4.69) is 20.9 Å². The van der Waals surface area contributed by atoms with Gasteiger partial charge in [-0.15, -0.1) is 0 Å². The average molecular weight is 292 g/mol. The molecule has 0 saturated carbocycles. The molecule has 1 aromatic heterocycles. The van der Waals surface area contributed by atoms with Crippen LogP contribution in [0.25, 0.3) is 0 Å². The monoisotopic (exact) mass is 291 g/mol. The Hall–Kier alpha value is -0.920. The van der Waals surface area contributed by atoms with Gasteiger partial charge >= 0.3 is 6.18 Å². The first kappa shape index (κ1) is 12.2. The lowest BCUT2D eigenvalue weighted by Crippen LogP contribution is -2.09. The smallest absolute Gasteiger partial charge is 0.437 e. The van der Waals surface area contributed by atoms with Crippen molar-refractivity contribution >= 4 is 15.9 Å². The molecule has 1 N–H and O–H groups in total. The van der Waals surface area contributed by atoms with Gasteiger partial charge in [0, 0.05) is 0 Å². The number of nitrogens with zero attached hydrogens (tertiary/aromatic N) is 1. The summed E-state index contributed by atoms with van der Waals surface area (Å²) in [5.74, 6) is -1.32. The maximum Gasteiger partial charge on any atom is 0.437 e. The molecule has 0 aliphatic carbocycles. The summed E-state index contributed by atoms with van der Waals surface area (Å²) in [7, 11) is 0. The van der Waals surface area contributed by atoms with E-state index in [-0.39, 0.29) is 0 Å². The molecule has 0 saturated heterocycles. The molecule has 8 heteroatoms. The largest absolute Gasteiger partial charge is 0.506 e. The van der Waals surface area contributed by atoms with Gasteiger partial charge in [-0.25, -0.2) is 13.8 Å². The molecule has 2 nitrogen and oxygen atoms in total. The van der Waals surface area contributed by atoms with E-state index in [1.54, 1.807) is 0 Å². The van der Waals surface area contributed by atoms with Crippen LogP contribution in [0, 0.1) is 0 Å². The molecule has 0 fully saturated rings. The van der Waals surface area contributed by atoms with E-state index in [1.807, 2.05) is 0 Å². The number of aromatic nitrogens is 1. The van der Waals surface area contributed by atoms with Gasteiger partial charge in [-0.2, -0.15) is 13.2 Å². The topological polar surface area (TPSA) is 33.1 Å². The molecule has 15 heavy (non-hydrogen) atoms. The van der Waals surface area contributed by atoms with Crippen LogP contribution in [0.3, 0.4) is 0 Å². The number of aromatic hydroxyl groups is 1. The summed E-state index contributed by atoms with van der Waals surface area (Å²) in [6, 6.07) is 0.338. The third-order valence-electron chi connectivity index (χ3n) is 1.49. The van der Waals surface area contributed by atoms with Crippen molar-refractivity contribution in [1.82, 2.24) is 4.98 Å². The van der Waals surface area contributed by atoms with Crippen molar-refractivity contribution in [2.75, 3.05) is 0 Å². The Bertz CT molecular complexity index is 378. The summed E-state index contributed by atoms with van der Waals surface area (Å²) in [5, 5.41) is 8.86. The first-order chi connectivity index (χ1) is 6.73. The van der Waals surface area contributed by atoms with E-state index >= 15 is 0 Å². The summed E-state index contributed by atoms with van der Waals surface area (Å²) in [6.45, 7) is 0. The van der Waals surface area contributed by atoms with Crippen molar-refractivity contribution in [3.8, 4) is 5.75 Å². The zero-order valence-electron chi connectivity index (χ0n) is 6.82. The molecule has 0 bridgehead atoms. The Balaban J connectivity index is 3.32. The van der Waals surface area contributed by atoms with Crippen LogP contribution in [0.2, 0.25) is 0 Å². The Morgan fingerprint density at radius 2 is 1.87 bits per heavy atom. The zero-order valence-corrected chi connectivity index (χ0v) is 8.40. The van der Waals surface area contributed by atoms with E-state index in [4.69, 9.17) is 5.11 Å². The second-order valence-electron chi connectivity index (χ2n) is 2.53. The predicted molar refractivity (Wildman–Crippen MR) is 43.6 cm³/mol. The second-order valence-corrected chi connectivity index (χ2v) is 3.29. The first-order valence-corrected chi connectivity index (χ1v) is 4.27. The predicted octanol–water partition coefficient (Wildman–Crippen LogP) is 3.51. The van der Waals surface area contributed by atoms with Crippen molar-refractivity contribution in [3.05, 3.63) is 21.9 Å². The summed E-state index contributed by atoms with van der Waals surface area (Å²) in [6.07, 6.45) is -7.90. The third-order valence-corrected chi connectivity index (χ3v) is 2.12. The highest BCUT2D eigenvalue weighted by molar-refractivity contribution is 9.10. The van der Waals surface area contributed by atoms with Crippen molar-refractivity contribution < 1.29 is 27.1 Å². The highest BCUT2D eigenvalue weighted by Crippen LogP contribution is 2.38. The third kappa shape index (κ3) is 2.55. The summed E-state index contributed by atoms with van der Waals surface area (Å²) in [5.41, 5.74) is -2.39. The van der Waals surface area contributed by atoms with Crippen LogP contribution in [0.1, 0.15) is 17.7 Å². The normalized spacial score (nSPS) is 12.2. The molecule has 0 amide bonds. The number of hydrogen-bond acceptors (Lipinski definition) is 2. The van der Waals surface area contributed by atoms with Gasteiger partial charge in [0.15, 0.2) is 5.69 Å². The molecular weight excluding hydrogens is 289 g/mol. The number of hydrogen-bond donors (Lipinski definition) is 1. The fraction of sp³-hybridized carbons (Fsp3) is 0.286. The van der Waals surface area contributed by atoms with E-state index in [9.17, 15) is 22.0 Å². The van der Waals surface area contributed by atoms with E-state index in [0.29, 0.717) is 6.07 Å². The molecule has 0 unspecified atom stereocenters. The molecule has 1 rings (SSSR count). The van der Waals surface area contributed by atoms with Crippen molar-refractivity contribution in [2.24, 2.45) is 0 Å². The lowest BCUT2D eigenvalue weighted by Gasteiger charge is -2.10. The number of pyridine rings is 1. The van der Waals surface area contributed by atoms with Crippen molar-refractivity contribution in [3.63, 3.8) is 0 Å². The minimum Gasteiger partial charge on any atom is -0.506 e. The van der Waals surface area contributed by atoms with Crippen LogP contribution >= 0.6 is 15.9 Å². The van der Waals surface area contributed by atoms with Gasteiger partial charge in [0.25, 0.3) is 6.43 Å². The minimum absolute atomic E-state index is 0.338. The molecule has 0 spiro atoms. The highest BCUT2D eigenvalue weighted by Gasteiger charge is 2.37. The maximum atomic E-state index is 12.2. The van der Waals surface area contributed by atoms with Crippen LogP contribution < -0.4 is 0 Å². The number of rotatable bonds is 1. The fourth-order valence-corrected chi connectivity index (χ4v) is 1.32. The van der Waals surface area contributed by atoms with Crippen molar-refractivity contribution in [2.45, 2.75) is 12.6 Å². The second kappa shape index (κ2) is 3.92. The van der Waals surface area contributed by atoms with Crippen LogP contribution in [-0.2, 0) is 6.18 Å². The summed E-state index contributed by atoms with van der Waals surface area (Å²) < 4.78 is 60.1. The molecule has 0 aliphatic heterocycles. The van der Waals surface area contributed by atoms with Gasteiger partial charge in [0.05, 0.1) is 5.56 Å². The van der Waals surface area contributed by atoms with E-state index in [0.717, 1.165) is 0 Å². The molecule has 1 aromatic rings. The zero-order chi connectivity index (χ0) is 11.8. The van der Waals surface area contributed by atoms with Gasteiger partial charge in [-0.3, -0.25) is 0 Å². The van der Waals surface area contributed by atoms with Gasteiger partial charge in [0.1, 0.15) is 10.4 Å². The Morgan fingerprint density at radius 3 is 2.27 bits per heavy atom. The SMILES string of the molecule is Oc1cc(C(F)F)c(Br)nc1C(F)(F)F. The summed E-state index contributed by atoms with van der Waals surface area (Å²) >= 11 is 2.47. The van der Waals surface area contributed by atoms with Gasteiger partial charge in [0.2, 0.25) is 0 Å². The van der Waals surface area contributed by atoms with Gasteiger partial charge in [-0.05, 0) is 22.0 Å². The minimum atomic E-state index is -4.88. The fourth-order valence-electron chi connectivity index (χ4n) is 0.857. The van der Waals surface area contributed by atoms with Crippen LogP contribution in [0.5, 0.6) is 5.75 Å². The molecule has 0 aliphatic rings. The number of alkyl halides is 5. The Kier molecular flexibility index (Phi) is 3.17. The first-order valence-electron chi connectivity index (χ1n) is 3.48. The van der Waals surface area contributed by atoms with Gasteiger partial charge in [-0.1, -0.05) is 0 Å². The molecular formula is C7H3BrF5NO. The molecule has 1 heterocycles. The lowest BCUT2D eigenvalue weighted by molar-refractivity contribution is -0.142. The maximum absolute atomic E-state index is 12.2. The van der Waals surface area contributed by atoms with E-state index < -0.39 is 34.2 Å². The lowest BCUT2D eigenvalue weighted by atomic mass is 10.2. The standard InChI is InChI=1S/C7H3BrF5NO/c8-5-2(6(9)10)1-3(15)4(14-5)7(11,12)13/h1,6,15H. The molecule has 0 atom stereocenters. The Morgan fingerprint density at radius 1 is 1.33 bits per heavy atom. The van der Waals surface area contributed by atoms with E-state index in [1.165, 1.54) is 0 Å². The van der Waals surface area contributed by atoms with Crippen LogP contribution in [0.15, 0.2) is 10.7 Å². The van der Waals surface area contributed by atoms with Crippen molar-refractivity contribution in [1.29, 1.82) is 0 Å². The highest BCUT2D eigenvalue weighted by atomic mass is 79.9. The molecule has 0 radical (unpaired) electrons. The molecule has 0 aromatic carbocycles. The van der Waals surface area contributed by atoms with Gasteiger partial charge < -0.3 is 5.11 Å². The molecule has 84 valence electrons. The summed E-state index contributed by atoms with van der Waals surface area (Å²) in [4.78, 5) is 2.83. The number of halogens is 6. The average Bonchev–Trinajstić information content (AvgIpc) is 2.06. The van der Waals surface area contributed by atoms with Crippen LogP contribution in [-0.4, -0.2) is 10.1 Å².